The van der Waals surface area contributed by atoms with E-state index in [0.29, 0.717) is 13.1 Å². The van der Waals surface area contributed by atoms with Crippen LogP contribution in [0.1, 0.15) is 36.2 Å². The summed E-state index contributed by atoms with van der Waals surface area (Å²) in [6, 6.07) is 17.3. The lowest BCUT2D eigenvalue weighted by Crippen LogP contribution is -2.58. The number of fused-ring (bicyclic) bond motifs is 2. The highest BCUT2D eigenvalue weighted by Gasteiger charge is 2.53. The number of likely N-dealkylation sites (tertiary alicyclic amines) is 1. The second-order valence-corrected chi connectivity index (χ2v) is 8.80. The third-order valence-electron chi connectivity index (χ3n) is 6.93. The van der Waals surface area contributed by atoms with E-state index in [2.05, 4.69) is 26.6 Å². The van der Waals surface area contributed by atoms with E-state index in [4.69, 9.17) is 0 Å². The molecule has 4 nitrogen and oxygen atoms in total. The van der Waals surface area contributed by atoms with Crippen molar-refractivity contribution in [1.82, 2.24) is 14.5 Å². The Balaban J connectivity index is 1.40. The van der Waals surface area contributed by atoms with Crippen molar-refractivity contribution < 1.29 is 9.50 Å². The molecule has 2 atom stereocenters. The van der Waals surface area contributed by atoms with Gasteiger partial charge < -0.3 is 9.67 Å². The average Bonchev–Trinajstić information content (AvgIpc) is 3.20. The monoisotopic (exact) mass is 405 g/mol. The molecule has 1 saturated carbocycles. The molecule has 0 amide bonds. The van der Waals surface area contributed by atoms with Gasteiger partial charge in [-0.2, -0.15) is 0 Å². The van der Waals surface area contributed by atoms with Crippen LogP contribution in [0.4, 0.5) is 4.39 Å². The van der Waals surface area contributed by atoms with E-state index < -0.39 is 5.60 Å². The smallest absolute Gasteiger partial charge is 0.141 e. The Bertz CT molecular complexity index is 988. The number of rotatable bonds is 5. The molecule has 0 spiro atoms. The highest BCUT2D eigenvalue weighted by atomic mass is 19.1. The summed E-state index contributed by atoms with van der Waals surface area (Å²) in [5, 5.41) is 12.0. The molecule has 1 N–H and O–H groups in total. The first-order valence-corrected chi connectivity index (χ1v) is 10.9. The normalized spacial score (nSPS) is 26.6. The van der Waals surface area contributed by atoms with Gasteiger partial charge in [-0.3, -0.25) is 4.90 Å². The van der Waals surface area contributed by atoms with Gasteiger partial charge in [0.1, 0.15) is 17.2 Å². The number of piperidine rings is 1. The lowest BCUT2D eigenvalue weighted by Gasteiger charge is -2.52. The summed E-state index contributed by atoms with van der Waals surface area (Å²) < 4.78 is 16.3. The molecular weight excluding hydrogens is 377 g/mol. The van der Waals surface area contributed by atoms with Crippen LogP contribution in [-0.4, -0.2) is 32.6 Å². The molecule has 3 aromatic rings. The van der Waals surface area contributed by atoms with Gasteiger partial charge in [0.25, 0.3) is 0 Å². The standard InChI is InChI=1S/C25H28FN3O/c26-23-12-5-4-9-20(23)16-28-17-21-10-6-11-22(18-28)25(21,30)24-27-13-14-29(24)15-19-7-2-1-3-8-19/h1-5,7-9,12-14,21-22,30H,6,10-11,15-18H2/t21-,22-/m0/s1. The van der Waals surface area contributed by atoms with Gasteiger partial charge in [0.2, 0.25) is 0 Å². The molecule has 2 heterocycles. The minimum atomic E-state index is -0.928. The molecule has 5 rings (SSSR count). The Hall–Kier alpha value is -2.50. The molecule has 1 saturated heterocycles. The van der Waals surface area contributed by atoms with Crippen molar-refractivity contribution in [2.75, 3.05) is 13.1 Å². The summed E-state index contributed by atoms with van der Waals surface area (Å²) in [7, 11) is 0. The number of hydrogen-bond donors (Lipinski definition) is 1. The van der Waals surface area contributed by atoms with Crippen molar-refractivity contribution in [3.05, 3.63) is 89.8 Å². The lowest BCUT2D eigenvalue weighted by molar-refractivity contribution is -0.155. The van der Waals surface area contributed by atoms with Crippen LogP contribution in [0.2, 0.25) is 0 Å². The molecule has 0 radical (unpaired) electrons. The van der Waals surface area contributed by atoms with Crippen LogP contribution in [0.5, 0.6) is 0 Å². The maximum Gasteiger partial charge on any atom is 0.141 e. The maximum absolute atomic E-state index is 14.2. The van der Waals surface area contributed by atoms with E-state index in [1.165, 1.54) is 11.6 Å². The van der Waals surface area contributed by atoms with Crippen LogP contribution >= 0.6 is 0 Å². The van der Waals surface area contributed by atoms with Crippen LogP contribution in [0.3, 0.4) is 0 Å². The predicted octanol–water partition coefficient (Wildman–Crippen LogP) is 4.19. The van der Waals surface area contributed by atoms with Gasteiger partial charge in [0, 0.05) is 56.0 Å². The highest BCUT2D eigenvalue weighted by molar-refractivity contribution is 5.21. The molecule has 0 unspecified atom stereocenters. The van der Waals surface area contributed by atoms with Crippen LogP contribution in [0.15, 0.2) is 67.0 Å². The number of benzene rings is 2. The van der Waals surface area contributed by atoms with Crippen molar-refractivity contribution in [3.63, 3.8) is 0 Å². The first-order chi connectivity index (χ1) is 14.6. The molecule has 2 bridgehead atoms. The Kier molecular flexibility index (Phi) is 5.17. The Morgan fingerprint density at radius 1 is 0.967 bits per heavy atom. The fraction of sp³-hybridized carbons (Fsp3) is 0.400. The molecule has 2 fully saturated rings. The summed E-state index contributed by atoms with van der Waals surface area (Å²) in [6.07, 6.45) is 6.85. The Morgan fingerprint density at radius 2 is 1.67 bits per heavy atom. The van der Waals surface area contributed by atoms with Gasteiger partial charge in [0.05, 0.1) is 0 Å². The van der Waals surface area contributed by atoms with Gasteiger partial charge >= 0.3 is 0 Å². The van der Waals surface area contributed by atoms with E-state index in [0.717, 1.165) is 43.7 Å². The van der Waals surface area contributed by atoms with Crippen LogP contribution in [-0.2, 0) is 18.7 Å². The summed E-state index contributed by atoms with van der Waals surface area (Å²) in [4.78, 5) is 6.96. The lowest BCUT2D eigenvalue weighted by atomic mass is 9.65. The van der Waals surface area contributed by atoms with Crippen molar-refractivity contribution in [1.29, 1.82) is 0 Å². The molecule has 2 aliphatic rings. The third-order valence-corrected chi connectivity index (χ3v) is 6.93. The fourth-order valence-electron chi connectivity index (χ4n) is 5.47. The first kappa shape index (κ1) is 19.5. The Labute approximate surface area is 177 Å². The zero-order valence-corrected chi connectivity index (χ0v) is 17.1. The van der Waals surface area contributed by atoms with E-state index in [9.17, 15) is 9.50 Å². The zero-order chi connectivity index (χ0) is 20.6. The SMILES string of the molecule is OC1(c2nccn2Cc2ccccc2)[C@H]2CCC[C@H]1CN(Cc1ccccc1F)C2. The average molecular weight is 406 g/mol. The molecule has 1 aliphatic heterocycles. The second kappa shape index (κ2) is 7.97. The van der Waals surface area contributed by atoms with Crippen molar-refractivity contribution in [2.24, 2.45) is 11.8 Å². The zero-order valence-electron chi connectivity index (χ0n) is 17.1. The van der Waals surface area contributed by atoms with E-state index in [1.54, 1.807) is 12.3 Å². The van der Waals surface area contributed by atoms with Crippen LogP contribution in [0.25, 0.3) is 0 Å². The number of hydrogen-bond acceptors (Lipinski definition) is 3. The van der Waals surface area contributed by atoms with Crippen LogP contribution in [0, 0.1) is 17.7 Å². The summed E-state index contributed by atoms with van der Waals surface area (Å²) in [6.45, 7) is 2.82. The summed E-state index contributed by atoms with van der Waals surface area (Å²) in [5.74, 6) is 0.843. The largest absolute Gasteiger partial charge is 0.381 e. The molecule has 1 aromatic heterocycles. The quantitative estimate of drug-likeness (QED) is 0.692. The molecule has 2 aromatic carbocycles. The van der Waals surface area contributed by atoms with E-state index in [1.807, 2.05) is 36.5 Å². The van der Waals surface area contributed by atoms with Crippen LogP contribution < -0.4 is 0 Å². The Morgan fingerprint density at radius 3 is 2.40 bits per heavy atom. The molecule has 30 heavy (non-hydrogen) atoms. The van der Waals surface area contributed by atoms with Crippen molar-refractivity contribution in [3.8, 4) is 0 Å². The predicted molar refractivity (Wildman–Crippen MR) is 114 cm³/mol. The fourth-order valence-corrected chi connectivity index (χ4v) is 5.47. The number of aliphatic hydroxyl groups is 1. The van der Waals surface area contributed by atoms with Gasteiger partial charge in [0.15, 0.2) is 0 Å². The minimum absolute atomic E-state index is 0.105. The minimum Gasteiger partial charge on any atom is -0.381 e. The third kappa shape index (κ3) is 3.46. The molecule has 1 aliphatic carbocycles. The number of imidazole rings is 1. The van der Waals surface area contributed by atoms with Gasteiger partial charge in [-0.05, 0) is 24.5 Å². The highest BCUT2D eigenvalue weighted by Crippen LogP contribution is 2.49. The topological polar surface area (TPSA) is 41.3 Å². The van der Waals surface area contributed by atoms with Gasteiger partial charge in [-0.1, -0.05) is 55.0 Å². The molecular formula is C25H28FN3O. The number of aromatic nitrogens is 2. The second-order valence-electron chi connectivity index (χ2n) is 8.80. The first-order valence-electron chi connectivity index (χ1n) is 10.9. The number of nitrogens with zero attached hydrogens (tertiary/aromatic N) is 3. The molecule has 5 heteroatoms. The van der Waals surface area contributed by atoms with Gasteiger partial charge in [-0.25, -0.2) is 9.37 Å². The number of halogens is 1. The van der Waals surface area contributed by atoms with Gasteiger partial charge in [-0.15, -0.1) is 0 Å². The van der Waals surface area contributed by atoms with E-state index >= 15 is 0 Å². The van der Waals surface area contributed by atoms with Crippen molar-refractivity contribution in [2.45, 2.75) is 38.0 Å². The van der Waals surface area contributed by atoms with E-state index in [-0.39, 0.29) is 17.7 Å². The van der Waals surface area contributed by atoms with Crippen molar-refractivity contribution >= 4 is 0 Å². The summed E-state index contributed by atoms with van der Waals surface area (Å²) in [5.41, 5.74) is 0.997. The summed E-state index contributed by atoms with van der Waals surface area (Å²) >= 11 is 0. The molecule has 156 valence electrons. The maximum atomic E-state index is 14.2.